The largest absolute Gasteiger partial charge is 0.489 e. The number of ether oxygens (including phenoxy) is 2. The van der Waals surface area contributed by atoms with Gasteiger partial charge in [-0.05, 0) is 17.7 Å². The van der Waals surface area contributed by atoms with Crippen LogP contribution in [0.1, 0.15) is 15.9 Å². The summed E-state index contributed by atoms with van der Waals surface area (Å²) >= 11 is 0. The number of morpholine rings is 1. The number of anilines is 2. The maximum atomic E-state index is 13.7. The van der Waals surface area contributed by atoms with E-state index in [1.54, 1.807) is 12.5 Å². The van der Waals surface area contributed by atoms with Gasteiger partial charge in [-0.15, -0.1) is 0 Å². The number of pyridine rings is 1. The highest BCUT2D eigenvalue weighted by Gasteiger charge is 2.26. The second-order valence-electron chi connectivity index (χ2n) is 8.54. The molecule has 0 aliphatic carbocycles. The summed E-state index contributed by atoms with van der Waals surface area (Å²) in [5.41, 5.74) is 8.27. The molecule has 2 N–H and O–H groups in total. The van der Waals surface area contributed by atoms with Crippen LogP contribution in [-0.4, -0.2) is 63.2 Å². The van der Waals surface area contributed by atoms with E-state index in [1.807, 2.05) is 47.6 Å². The quantitative estimate of drug-likeness (QED) is 0.606. The minimum Gasteiger partial charge on any atom is -0.489 e. The lowest BCUT2D eigenvalue weighted by Gasteiger charge is -2.33. The van der Waals surface area contributed by atoms with Crippen LogP contribution in [-0.2, 0) is 4.74 Å². The van der Waals surface area contributed by atoms with Crippen LogP contribution in [0.15, 0.2) is 59.9 Å². The number of carbonyl (C=O) groups excluding carboxylic acids is 1. The SMILES string of the molecule is O=C(NN1CCOc2ccccc21)c1cnc2c(C3=CNC=NC3)cccc2c1N1CCOCC1. The van der Waals surface area contributed by atoms with E-state index in [1.165, 1.54) is 0 Å². The molecule has 6 rings (SSSR count). The van der Waals surface area contributed by atoms with Crippen LogP contribution in [0.25, 0.3) is 16.5 Å². The Morgan fingerprint density at radius 1 is 1.03 bits per heavy atom. The summed E-state index contributed by atoms with van der Waals surface area (Å²) in [6.07, 6.45) is 5.33. The van der Waals surface area contributed by atoms with E-state index in [0.29, 0.717) is 51.6 Å². The number of hydrogen-bond donors (Lipinski definition) is 2. The number of para-hydroxylation sites is 3. The zero-order valence-electron chi connectivity index (χ0n) is 19.2. The van der Waals surface area contributed by atoms with Crippen molar-refractivity contribution in [1.29, 1.82) is 0 Å². The number of carbonyl (C=O) groups is 1. The molecule has 1 fully saturated rings. The van der Waals surface area contributed by atoms with Gasteiger partial charge in [-0.3, -0.25) is 25.2 Å². The molecule has 3 aliphatic rings. The number of hydrogen-bond acceptors (Lipinski definition) is 8. The summed E-state index contributed by atoms with van der Waals surface area (Å²) in [4.78, 5) is 25.0. The fourth-order valence-corrected chi connectivity index (χ4v) is 4.77. The summed E-state index contributed by atoms with van der Waals surface area (Å²) < 4.78 is 11.3. The van der Waals surface area contributed by atoms with E-state index < -0.39 is 0 Å². The van der Waals surface area contributed by atoms with E-state index in [9.17, 15) is 4.79 Å². The van der Waals surface area contributed by atoms with E-state index in [2.05, 4.69) is 26.7 Å². The normalized spacial score (nSPS) is 17.3. The highest BCUT2D eigenvalue weighted by atomic mass is 16.5. The van der Waals surface area contributed by atoms with Crippen molar-refractivity contribution in [3.05, 3.63) is 66.0 Å². The number of fused-ring (bicyclic) bond motifs is 2. The van der Waals surface area contributed by atoms with Crippen LogP contribution in [0.2, 0.25) is 0 Å². The van der Waals surface area contributed by atoms with Crippen LogP contribution in [0.4, 0.5) is 11.4 Å². The second kappa shape index (κ2) is 9.27. The second-order valence-corrected chi connectivity index (χ2v) is 8.54. The first-order valence-electron chi connectivity index (χ1n) is 11.8. The van der Waals surface area contributed by atoms with Gasteiger partial charge in [0.2, 0.25) is 0 Å². The zero-order chi connectivity index (χ0) is 23.6. The standard InChI is InChI=1S/C26H26N6O3/c33-26(30-32-10-13-35-23-7-2-1-6-22(23)32)21-16-29-24-19(18-14-27-17-28-15-18)4-3-5-20(24)25(21)31-8-11-34-12-9-31/h1-7,14,16-17H,8-13,15H2,(H,27,28)(H,30,33). The van der Waals surface area contributed by atoms with Crippen molar-refractivity contribution in [2.45, 2.75) is 0 Å². The molecule has 3 aromatic rings. The number of amides is 1. The Kier molecular flexibility index (Phi) is 5.67. The highest BCUT2D eigenvalue weighted by molar-refractivity contribution is 6.09. The third-order valence-electron chi connectivity index (χ3n) is 6.44. The van der Waals surface area contributed by atoms with E-state index >= 15 is 0 Å². The molecule has 0 unspecified atom stereocenters. The predicted octanol–water partition coefficient (Wildman–Crippen LogP) is 2.59. The number of rotatable bonds is 4. The molecule has 2 aromatic carbocycles. The van der Waals surface area contributed by atoms with Gasteiger partial charge in [0.1, 0.15) is 12.4 Å². The number of aliphatic imine (C=N–C) groups is 1. The summed E-state index contributed by atoms with van der Waals surface area (Å²) in [5.74, 6) is 0.553. The van der Waals surface area contributed by atoms with Gasteiger partial charge < -0.3 is 19.7 Å². The van der Waals surface area contributed by atoms with Crippen molar-refractivity contribution in [1.82, 2.24) is 15.7 Å². The lowest BCUT2D eigenvalue weighted by atomic mass is 9.99. The molecule has 178 valence electrons. The monoisotopic (exact) mass is 470 g/mol. The van der Waals surface area contributed by atoms with Crippen molar-refractivity contribution in [2.75, 3.05) is 55.9 Å². The molecule has 0 saturated carbocycles. The van der Waals surface area contributed by atoms with E-state index in [-0.39, 0.29) is 5.91 Å². The fraction of sp³-hybridized carbons (Fsp3) is 0.269. The Bertz CT molecular complexity index is 1330. The average molecular weight is 471 g/mol. The molecule has 9 heteroatoms. The molecule has 35 heavy (non-hydrogen) atoms. The molecular weight excluding hydrogens is 444 g/mol. The maximum absolute atomic E-state index is 13.7. The van der Waals surface area contributed by atoms with Crippen LogP contribution in [0, 0.1) is 0 Å². The lowest BCUT2D eigenvalue weighted by molar-refractivity contribution is 0.0943. The summed E-state index contributed by atoms with van der Waals surface area (Å²) in [5, 5.41) is 5.86. The molecule has 9 nitrogen and oxygen atoms in total. The van der Waals surface area contributed by atoms with Crippen molar-refractivity contribution < 1.29 is 14.3 Å². The molecule has 1 aromatic heterocycles. The van der Waals surface area contributed by atoms with E-state index in [0.717, 1.165) is 39.2 Å². The lowest BCUT2D eigenvalue weighted by Crippen LogP contribution is -2.47. The van der Waals surface area contributed by atoms with Gasteiger partial charge in [-0.25, -0.2) is 0 Å². The molecule has 4 heterocycles. The first-order chi connectivity index (χ1) is 17.3. The Labute approximate surface area is 203 Å². The smallest absolute Gasteiger partial charge is 0.273 e. The Morgan fingerprint density at radius 2 is 1.91 bits per heavy atom. The first kappa shape index (κ1) is 21.4. The topological polar surface area (TPSA) is 91.3 Å². The summed E-state index contributed by atoms with van der Waals surface area (Å²) in [7, 11) is 0. The molecule has 3 aliphatic heterocycles. The van der Waals surface area contributed by atoms with Gasteiger partial charge in [0.25, 0.3) is 5.91 Å². The minimum absolute atomic E-state index is 0.203. The van der Waals surface area contributed by atoms with Crippen LogP contribution < -0.4 is 25.4 Å². The minimum atomic E-state index is -0.203. The fourth-order valence-electron chi connectivity index (χ4n) is 4.77. The first-order valence-corrected chi connectivity index (χ1v) is 11.8. The van der Waals surface area contributed by atoms with Crippen LogP contribution >= 0.6 is 0 Å². The molecule has 0 atom stereocenters. The molecule has 0 radical (unpaired) electrons. The van der Waals surface area contributed by atoms with Crippen molar-refractivity contribution in [2.24, 2.45) is 4.99 Å². The van der Waals surface area contributed by atoms with Gasteiger partial charge in [-0.2, -0.15) is 0 Å². The number of nitrogens with zero attached hydrogens (tertiary/aromatic N) is 4. The van der Waals surface area contributed by atoms with Crippen molar-refractivity contribution >= 4 is 40.1 Å². The number of hydrazine groups is 1. The van der Waals surface area contributed by atoms with Crippen LogP contribution in [0.5, 0.6) is 5.75 Å². The van der Waals surface area contributed by atoms with Gasteiger partial charge in [0, 0.05) is 36.4 Å². The zero-order valence-corrected chi connectivity index (χ0v) is 19.2. The third kappa shape index (κ3) is 4.04. The molecule has 0 bridgehead atoms. The van der Waals surface area contributed by atoms with Crippen molar-refractivity contribution in [3.63, 3.8) is 0 Å². The number of benzene rings is 2. The maximum Gasteiger partial charge on any atom is 0.273 e. The van der Waals surface area contributed by atoms with Gasteiger partial charge >= 0.3 is 0 Å². The molecule has 0 spiro atoms. The Balaban J connectivity index is 1.42. The Morgan fingerprint density at radius 3 is 2.77 bits per heavy atom. The molecular formula is C26H26N6O3. The highest BCUT2D eigenvalue weighted by Crippen LogP contribution is 2.35. The van der Waals surface area contributed by atoms with E-state index in [4.69, 9.17) is 14.5 Å². The van der Waals surface area contributed by atoms with Crippen LogP contribution in [0.3, 0.4) is 0 Å². The van der Waals surface area contributed by atoms with Gasteiger partial charge in [0.05, 0.1) is 55.1 Å². The number of nitrogens with one attached hydrogen (secondary N) is 2. The third-order valence-corrected chi connectivity index (χ3v) is 6.44. The average Bonchev–Trinajstić information content (AvgIpc) is 2.93. The van der Waals surface area contributed by atoms with Gasteiger partial charge in [-0.1, -0.05) is 30.3 Å². The summed E-state index contributed by atoms with van der Waals surface area (Å²) in [6, 6.07) is 13.8. The molecule has 1 amide bonds. The predicted molar refractivity (Wildman–Crippen MR) is 136 cm³/mol. The number of aromatic nitrogens is 1. The van der Waals surface area contributed by atoms with Crippen molar-refractivity contribution in [3.8, 4) is 5.75 Å². The summed E-state index contributed by atoms with van der Waals surface area (Å²) in [6.45, 7) is 4.29. The molecule has 1 saturated heterocycles. The van der Waals surface area contributed by atoms with Gasteiger partial charge in [0.15, 0.2) is 0 Å². The Hall–Kier alpha value is -4.11.